The first-order valence-electron chi connectivity index (χ1n) is 9.35. The summed E-state index contributed by atoms with van der Waals surface area (Å²) >= 11 is 3.50. The molecule has 0 spiro atoms. The average molecular weight is 453 g/mol. The Morgan fingerprint density at radius 2 is 2.04 bits per heavy atom. The van der Waals surface area contributed by atoms with Crippen LogP contribution in [0.2, 0.25) is 0 Å². The van der Waals surface area contributed by atoms with Crippen LogP contribution in [0, 0.1) is 0 Å². The fourth-order valence-corrected chi connectivity index (χ4v) is 3.91. The molecule has 1 unspecified atom stereocenters. The van der Waals surface area contributed by atoms with Gasteiger partial charge in [0.15, 0.2) is 0 Å². The van der Waals surface area contributed by atoms with Crippen molar-refractivity contribution < 1.29 is 19.1 Å². The molecule has 4 amide bonds. The third kappa shape index (κ3) is 4.06. The van der Waals surface area contributed by atoms with E-state index in [0.29, 0.717) is 32.5 Å². The second kappa shape index (κ2) is 8.18. The lowest BCUT2D eigenvalue weighted by Crippen LogP contribution is -2.54. The van der Waals surface area contributed by atoms with Crippen molar-refractivity contribution in [3.8, 4) is 0 Å². The normalized spacial score (nSPS) is 24.2. The van der Waals surface area contributed by atoms with Crippen LogP contribution in [-0.4, -0.2) is 48.2 Å². The van der Waals surface area contributed by atoms with Crippen molar-refractivity contribution in [1.82, 2.24) is 21.1 Å². The van der Waals surface area contributed by atoms with Crippen molar-refractivity contribution in [2.75, 3.05) is 19.8 Å². The monoisotopic (exact) mass is 452 g/mol. The first-order chi connectivity index (χ1) is 13.3. The molecule has 2 saturated heterocycles. The molecule has 8 nitrogen and oxygen atoms in total. The Bertz CT molecular complexity index is 781. The van der Waals surface area contributed by atoms with Crippen molar-refractivity contribution in [3.05, 3.63) is 34.3 Å². The van der Waals surface area contributed by atoms with Crippen LogP contribution in [-0.2, 0) is 19.9 Å². The van der Waals surface area contributed by atoms with Crippen LogP contribution in [0.15, 0.2) is 28.7 Å². The number of hydrogen-bond acceptors (Lipinski definition) is 5. The van der Waals surface area contributed by atoms with E-state index in [4.69, 9.17) is 4.74 Å². The smallest absolute Gasteiger partial charge is 0.344 e. The quantitative estimate of drug-likeness (QED) is 0.571. The third-order valence-electron chi connectivity index (χ3n) is 5.52. The van der Waals surface area contributed by atoms with Crippen molar-refractivity contribution in [3.63, 3.8) is 0 Å². The first-order valence-corrected chi connectivity index (χ1v) is 10.1. The molecule has 0 aromatic heterocycles. The van der Waals surface area contributed by atoms with E-state index in [2.05, 4.69) is 32.0 Å². The molecule has 28 heavy (non-hydrogen) atoms. The number of halogens is 1. The summed E-state index contributed by atoms with van der Waals surface area (Å²) in [7, 11) is 0. The van der Waals surface area contributed by atoms with E-state index >= 15 is 0 Å². The molecule has 0 aliphatic carbocycles. The van der Waals surface area contributed by atoms with Crippen molar-refractivity contribution >= 4 is 33.8 Å². The van der Waals surface area contributed by atoms with Crippen LogP contribution in [0.3, 0.4) is 0 Å². The number of hydrogen-bond donors (Lipinski definition) is 3. The summed E-state index contributed by atoms with van der Waals surface area (Å²) in [5.74, 6) is -0.911. The van der Waals surface area contributed by atoms with E-state index in [1.165, 1.54) is 0 Å². The molecule has 2 heterocycles. The van der Waals surface area contributed by atoms with E-state index in [0.717, 1.165) is 15.0 Å². The lowest BCUT2D eigenvalue weighted by Gasteiger charge is -2.38. The SMILES string of the molecule is CCC1(C)NC(=O)N(NC(=O)CNC2(c3cccc(Br)c3)CCOCC2)C1=O. The van der Waals surface area contributed by atoms with Gasteiger partial charge in [0.05, 0.1) is 6.54 Å². The average Bonchev–Trinajstić information content (AvgIpc) is 2.91. The molecule has 9 heteroatoms. The molecule has 3 rings (SSSR count). The Hall–Kier alpha value is -1.97. The second-order valence-electron chi connectivity index (χ2n) is 7.35. The Labute approximate surface area is 172 Å². The number of ether oxygens (including phenoxy) is 1. The summed E-state index contributed by atoms with van der Waals surface area (Å²) in [5, 5.41) is 6.71. The van der Waals surface area contributed by atoms with Gasteiger partial charge in [0.1, 0.15) is 5.54 Å². The van der Waals surface area contributed by atoms with Gasteiger partial charge >= 0.3 is 6.03 Å². The number of carbonyl (C=O) groups excluding carboxylic acids is 3. The van der Waals surface area contributed by atoms with Gasteiger partial charge in [-0.25, -0.2) is 4.79 Å². The van der Waals surface area contributed by atoms with E-state index in [-0.39, 0.29) is 6.54 Å². The lowest BCUT2D eigenvalue weighted by atomic mass is 9.82. The Morgan fingerprint density at radius 3 is 2.64 bits per heavy atom. The number of imide groups is 1. The van der Waals surface area contributed by atoms with Gasteiger partial charge in [0.25, 0.3) is 11.8 Å². The first kappa shape index (κ1) is 20.8. The van der Waals surface area contributed by atoms with Crippen LogP contribution in [0.1, 0.15) is 38.7 Å². The summed E-state index contributed by atoms with van der Waals surface area (Å²) < 4.78 is 6.45. The van der Waals surface area contributed by atoms with Gasteiger partial charge in [-0.05, 0) is 43.9 Å². The van der Waals surface area contributed by atoms with Crippen molar-refractivity contribution in [2.45, 2.75) is 44.2 Å². The maximum atomic E-state index is 12.5. The van der Waals surface area contributed by atoms with E-state index in [1.807, 2.05) is 24.3 Å². The number of amides is 4. The highest BCUT2D eigenvalue weighted by molar-refractivity contribution is 9.10. The van der Waals surface area contributed by atoms with Crippen LogP contribution in [0.4, 0.5) is 4.79 Å². The number of nitrogens with zero attached hydrogens (tertiary/aromatic N) is 1. The molecule has 0 saturated carbocycles. The molecule has 2 aliphatic rings. The lowest BCUT2D eigenvalue weighted by molar-refractivity contribution is -0.138. The highest BCUT2D eigenvalue weighted by atomic mass is 79.9. The highest BCUT2D eigenvalue weighted by Gasteiger charge is 2.47. The Balaban J connectivity index is 1.68. The molecule has 2 fully saturated rings. The van der Waals surface area contributed by atoms with Gasteiger partial charge in [0, 0.05) is 23.2 Å². The van der Waals surface area contributed by atoms with Crippen LogP contribution >= 0.6 is 15.9 Å². The molecule has 1 aromatic carbocycles. The maximum absolute atomic E-state index is 12.5. The number of urea groups is 1. The maximum Gasteiger partial charge on any atom is 0.344 e. The van der Waals surface area contributed by atoms with E-state index in [1.54, 1.807) is 13.8 Å². The summed E-state index contributed by atoms with van der Waals surface area (Å²) in [5.41, 5.74) is 2.08. The number of benzene rings is 1. The van der Waals surface area contributed by atoms with Gasteiger partial charge in [-0.2, -0.15) is 5.01 Å². The molecule has 0 bridgehead atoms. The third-order valence-corrected chi connectivity index (χ3v) is 6.01. The van der Waals surface area contributed by atoms with Crippen molar-refractivity contribution in [1.29, 1.82) is 0 Å². The van der Waals surface area contributed by atoms with Crippen LogP contribution in [0.5, 0.6) is 0 Å². The number of hydrazine groups is 1. The van der Waals surface area contributed by atoms with Gasteiger partial charge in [-0.1, -0.05) is 35.0 Å². The summed E-state index contributed by atoms with van der Waals surface area (Å²) in [6.07, 6.45) is 1.87. The number of rotatable bonds is 6. The van der Waals surface area contributed by atoms with E-state index in [9.17, 15) is 14.4 Å². The summed E-state index contributed by atoms with van der Waals surface area (Å²) in [6.45, 7) is 4.58. The zero-order chi connectivity index (χ0) is 20.4. The number of carbonyl (C=O) groups is 3. The topological polar surface area (TPSA) is 99.8 Å². The molecular formula is C19H25BrN4O4. The largest absolute Gasteiger partial charge is 0.381 e. The molecular weight excluding hydrogens is 428 g/mol. The summed E-state index contributed by atoms with van der Waals surface area (Å²) in [6, 6.07) is 7.34. The second-order valence-corrected chi connectivity index (χ2v) is 8.27. The fourth-order valence-electron chi connectivity index (χ4n) is 3.51. The van der Waals surface area contributed by atoms with E-state index < -0.39 is 28.9 Å². The minimum atomic E-state index is -0.990. The Morgan fingerprint density at radius 1 is 1.32 bits per heavy atom. The van der Waals surface area contributed by atoms with Crippen LogP contribution < -0.4 is 16.1 Å². The van der Waals surface area contributed by atoms with Crippen LogP contribution in [0.25, 0.3) is 0 Å². The zero-order valence-corrected chi connectivity index (χ0v) is 17.6. The van der Waals surface area contributed by atoms with Crippen molar-refractivity contribution in [2.24, 2.45) is 0 Å². The standard InChI is InChI=1S/C19H25BrN4O4/c1-3-18(2)16(26)24(17(27)22-18)23-15(25)12-21-19(7-9-28-10-8-19)13-5-4-6-14(20)11-13/h4-6,11,21H,3,7-10,12H2,1-2H3,(H,22,27)(H,23,25). The molecule has 1 atom stereocenters. The van der Waals surface area contributed by atoms with Gasteiger partial charge in [-0.3, -0.25) is 20.3 Å². The Kier molecular flexibility index (Phi) is 6.07. The predicted molar refractivity (Wildman–Crippen MR) is 106 cm³/mol. The highest BCUT2D eigenvalue weighted by Crippen LogP contribution is 2.33. The predicted octanol–water partition coefficient (Wildman–Crippen LogP) is 1.80. The van der Waals surface area contributed by atoms with Gasteiger partial charge in [0.2, 0.25) is 0 Å². The van der Waals surface area contributed by atoms with Gasteiger partial charge in [-0.15, -0.1) is 0 Å². The molecule has 152 valence electrons. The molecule has 3 N–H and O–H groups in total. The fraction of sp³-hybridized carbons (Fsp3) is 0.526. The minimum Gasteiger partial charge on any atom is -0.381 e. The summed E-state index contributed by atoms with van der Waals surface area (Å²) in [4.78, 5) is 37.0. The minimum absolute atomic E-state index is 0.0353. The van der Waals surface area contributed by atoms with Gasteiger partial charge < -0.3 is 10.1 Å². The molecule has 1 aromatic rings. The molecule has 2 aliphatic heterocycles. The molecule has 0 radical (unpaired) electrons. The number of nitrogens with one attached hydrogen (secondary N) is 3. The zero-order valence-electron chi connectivity index (χ0n) is 16.0.